The topological polar surface area (TPSA) is 52.6 Å². The molecule has 0 bridgehead atoms. The number of carbonyl (C=O) groups is 2. The van der Waals surface area contributed by atoms with Gasteiger partial charge in [-0.3, -0.25) is 4.79 Å². The Morgan fingerprint density at radius 2 is 1.83 bits per heavy atom. The maximum absolute atomic E-state index is 12.7. The van der Waals surface area contributed by atoms with Crippen molar-refractivity contribution in [3.63, 3.8) is 0 Å². The SMILES string of the molecule is COc1ccc(C(=O)C[C@H](c2ccccc2)[C@@H]2C=CC(=O)O2)cc1. The van der Waals surface area contributed by atoms with Crippen LogP contribution in [0.15, 0.2) is 66.7 Å². The van der Waals surface area contributed by atoms with Crippen molar-refractivity contribution in [3.8, 4) is 5.75 Å². The summed E-state index contributed by atoms with van der Waals surface area (Å²) in [5, 5.41) is 0. The van der Waals surface area contributed by atoms with E-state index in [1.165, 1.54) is 6.08 Å². The van der Waals surface area contributed by atoms with Crippen LogP contribution in [0, 0.1) is 0 Å². The molecule has 2 aromatic rings. The molecule has 0 spiro atoms. The maximum Gasteiger partial charge on any atom is 0.331 e. The first-order chi connectivity index (χ1) is 11.7. The van der Waals surface area contributed by atoms with E-state index in [4.69, 9.17) is 9.47 Å². The fourth-order valence-electron chi connectivity index (χ4n) is 2.82. The van der Waals surface area contributed by atoms with Gasteiger partial charge in [-0.1, -0.05) is 30.3 Å². The predicted octanol–water partition coefficient (Wildman–Crippen LogP) is 3.53. The Bertz CT molecular complexity index is 747. The Morgan fingerprint density at radius 3 is 2.42 bits per heavy atom. The first kappa shape index (κ1) is 16.0. The van der Waals surface area contributed by atoms with Crippen molar-refractivity contribution in [2.45, 2.75) is 18.4 Å². The van der Waals surface area contributed by atoms with Crippen molar-refractivity contribution in [1.29, 1.82) is 0 Å². The molecule has 0 unspecified atom stereocenters. The van der Waals surface area contributed by atoms with Gasteiger partial charge in [0.1, 0.15) is 11.9 Å². The lowest BCUT2D eigenvalue weighted by atomic mass is 9.87. The summed E-state index contributed by atoms with van der Waals surface area (Å²) in [5.74, 6) is 0.142. The Hall–Kier alpha value is -2.88. The number of ether oxygens (including phenoxy) is 2. The highest BCUT2D eigenvalue weighted by atomic mass is 16.5. The highest BCUT2D eigenvalue weighted by molar-refractivity contribution is 5.97. The molecule has 0 N–H and O–H groups in total. The minimum absolute atomic E-state index is 0.00264. The Balaban J connectivity index is 1.82. The monoisotopic (exact) mass is 322 g/mol. The van der Waals surface area contributed by atoms with Crippen molar-refractivity contribution in [1.82, 2.24) is 0 Å². The van der Waals surface area contributed by atoms with Gasteiger partial charge in [-0.05, 0) is 35.9 Å². The van der Waals surface area contributed by atoms with Crippen LogP contribution in [0.2, 0.25) is 0 Å². The molecule has 0 saturated carbocycles. The lowest BCUT2D eigenvalue weighted by Gasteiger charge is -2.22. The highest BCUT2D eigenvalue weighted by Gasteiger charge is 2.30. The minimum Gasteiger partial charge on any atom is -0.497 e. The summed E-state index contributed by atoms with van der Waals surface area (Å²) in [6.45, 7) is 0. The van der Waals surface area contributed by atoms with E-state index >= 15 is 0 Å². The van der Waals surface area contributed by atoms with Gasteiger partial charge in [0.15, 0.2) is 5.78 Å². The second-order valence-corrected chi connectivity index (χ2v) is 5.63. The average molecular weight is 322 g/mol. The van der Waals surface area contributed by atoms with E-state index in [1.54, 1.807) is 37.5 Å². The second-order valence-electron chi connectivity index (χ2n) is 5.63. The summed E-state index contributed by atoms with van der Waals surface area (Å²) in [7, 11) is 1.59. The number of ketones is 1. The van der Waals surface area contributed by atoms with E-state index in [0.29, 0.717) is 11.3 Å². The molecule has 4 heteroatoms. The first-order valence-electron chi connectivity index (χ1n) is 7.78. The largest absolute Gasteiger partial charge is 0.497 e. The van der Waals surface area contributed by atoms with Crippen LogP contribution < -0.4 is 4.74 Å². The van der Waals surface area contributed by atoms with Gasteiger partial charge in [-0.25, -0.2) is 4.79 Å². The maximum atomic E-state index is 12.7. The number of rotatable bonds is 6. The van der Waals surface area contributed by atoms with Crippen molar-refractivity contribution < 1.29 is 19.1 Å². The summed E-state index contributed by atoms with van der Waals surface area (Å²) >= 11 is 0. The molecule has 3 rings (SSSR count). The van der Waals surface area contributed by atoms with Gasteiger partial charge in [0.05, 0.1) is 7.11 Å². The molecule has 1 aliphatic heterocycles. The molecule has 0 aliphatic carbocycles. The molecule has 0 amide bonds. The molecular weight excluding hydrogens is 304 g/mol. The highest BCUT2D eigenvalue weighted by Crippen LogP contribution is 2.30. The number of cyclic esters (lactones) is 1. The van der Waals surface area contributed by atoms with Crippen molar-refractivity contribution in [3.05, 3.63) is 77.9 Å². The summed E-state index contributed by atoms with van der Waals surface area (Å²) in [6.07, 6.45) is 2.99. The molecule has 1 heterocycles. The zero-order valence-corrected chi connectivity index (χ0v) is 13.3. The third-order valence-electron chi connectivity index (χ3n) is 4.12. The van der Waals surface area contributed by atoms with Crippen LogP contribution in [0.3, 0.4) is 0 Å². The van der Waals surface area contributed by atoms with Crippen LogP contribution in [-0.4, -0.2) is 25.0 Å². The molecular formula is C20H18O4. The van der Waals surface area contributed by atoms with Crippen molar-refractivity contribution >= 4 is 11.8 Å². The minimum atomic E-state index is -0.415. The van der Waals surface area contributed by atoms with Crippen LogP contribution >= 0.6 is 0 Å². The van der Waals surface area contributed by atoms with Crippen LogP contribution in [0.25, 0.3) is 0 Å². The molecule has 0 saturated heterocycles. The summed E-state index contributed by atoms with van der Waals surface area (Å²) in [6, 6.07) is 16.7. The molecule has 2 atom stereocenters. The van der Waals surface area contributed by atoms with Gasteiger partial charge in [0.25, 0.3) is 0 Å². The fourth-order valence-corrected chi connectivity index (χ4v) is 2.82. The molecule has 122 valence electrons. The summed E-state index contributed by atoms with van der Waals surface area (Å²) < 4.78 is 10.4. The number of carbonyl (C=O) groups excluding carboxylic acids is 2. The molecule has 1 aliphatic rings. The lowest BCUT2D eigenvalue weighted by Crippen LogP contribution is -2.21. The van der Waals surface area contributed by atoms with Crippen LogP contribution in [0.5, 0.6) is 5.75 Å². The predicted molar refractivity (Wildman–Crippen MR) is 90.1 cm³/mol. The van der Waals surface area contributed by atoms with E-state index in [-0.39, 0.29) is 24.1 Å². The molecule has 2 aromatic carbocycles. The standard InChI is InChI=1S/C20H18O4/c1-23-16-9-7-15(8-10-16)18(21)13-17(14-5-3-2-4-6-14)19-11-12-20(22)24-19/h2-12,17,19H,13H2,1H3/t17-,19+/m1/s1. The molecule has 0 fully saturated rings. The van der Waals surface area contributed by atoms with Gasteiger partial charge in [-0.2, -0.15) is 0 Å². The Labute approximate surface area is 140 Å². The zero-order valence-electron chi connectivity index (χ0n) is 13.3. The summed E-state index contributed by atoms with van der Waals surface area (Å²) in [4.78, 5) is 24.1. The fraction of sp³-hybridized carbons (Fsp3) is 0.200. The molecule has 24 heavy (non-hydrogen) atoms. The quantitative estimate of drug-likeness (QED) is 0.603. The van der Waals surface area contributed by atoms with E-state index in [0.717, 1.165) is 5.56 Å². The normalized spacial score (nSPS) is 17.4. The number of hydrogen-bond acceptors (Lipinski definition) is 4. The molecule has 0 radical (unpaired) electrons. The van der Waals surface area contributed by atoms with Gasteiger partial charge in [0.2, 0.25) is 0 Å². The lowest BCUT2D eigenvalue weighted by molar-refractivity contribution is -0.139. The van der Waals surface area contributed by atoms with E-state index in [9.17, 15) is 9.59 Å². The van der Waals surface area contributed by atoms with Gasteiger partial charge in [-0.15, -0.1) is 0 Å². The van der Waals surface area contributed by atoms with Crippen molar-refractivity contribution in [2.75, 3.05) is 7.11 Å². The van der Waals surface area contributed by atoms with E-state index < -0.39 is 6.10 Å². The van der Waals surface area contributed by atoms with Gasteiger partial charge < -0.3 is 9.47 Å². The van der Waals surface area contributed by atoms with Crippen LogP contribution in [0.4, 0.5) is 0 Å². The average Bonchev–Trinajstić information content (AvgIpc) is 3.06. The number of methoxy groups -OCH3 is 1. The van der Waals surface area contributed by atoms with Crippen LogP contribution in [0.1, 0.15) is 28.3 Å². The zero-order chi connectivity index (χ0) is 16.9. The third kappa shape index (κ3) is 3.54. The number of hydrogen-bond donors (Lipinski definition) is 0. The smallest absolute Gasteiger partial charge is 0.331 e. The van der Waals surface area contributed by atoms with Crippen molar-refractivity contribution in [2.24, 2.45) is 0 Å². The van der Waals surface area contributed by atoms with Gasteiger partial charge >= 0.3 is 5.97 Å². The Kier molecular flexibility index (Phi) is 4.75. The number of esters is 1. The second kappa shape index (κ2) is 7.13. The number of Topliss-reactive ketones (excluding diaryl/α,β-unsaturated/α-hetero) is 1. The molecule has 4 nitrogen and oxygen atoms in total. The Morgan fingerprint density at radius 1 is 1.12 bits per heavy atom. The van der Waals surface area contributed by atoms with Gasteiger partial charge in [0, 0.05) is 24.0 Å². The van der Waals surface area contributed by atoms with E-state index in [1.807, 2.05) is 30.3 Å². The van der Waals surface area contributed by atoms with E-state index in [2.05, 4.69) is 0 Å². The first-order valence-corrected chi connectivity index (χ1v) is 7.78. The number of benzene rings is 2. The van der Waals surface area contributed by atoms with Crippen LogP contribution in [-0.2, 0) is 9.53 Å². The summed E-state index contributed by atoms with van der Waals surface area (Å²) in [5.41, 5.74) is 1.59. The third-order valence-corrected chi connectivity index (χ3v) is 4.12. The molecule has 0 aromatic heterocycles.